The Morgan fingerprint density at radius 2 is 1.67 bits per heavy atom. The Labute approximate surface area is 250 Å². The predicted octanol–water partition coefficient (Wildman–Crippen LogP) is 1.32. The summed E-state index contributed by atoms with van der Waals surface area (Å²) >= 11 is 0. The van der Waals surface area contributed by atoms with E-state index < -0.39 is 61.5 Å². The molecule has 1 heterocycles. The average Bonchev–Trinajstić information content (AvgIpc) is 3.48. The molecule has 0 aliphatic carbocycles. The fourth-order valence-electron chi connectivity index (χ4n) is 4.69. The first-order valence-corrected chi connectivity index (χ1v) is 15.6. The van der Waals surface area contributed by atoms with Gasteiger partial charge in [-0.05, 0) is 43.0 Å². The minimum absolute atomic E-state index is 0.0853. The van der Waals surface area contributed by atoms with E-state index in [9.17, 15) is 33.4 Å². The molecule has 4 amide bonds. The molecule has 14 heteroatoms. The molecule has 4 atom stereocenters. The molecule has 2 aromatic rings. The number of anilines is 1. The Hall–Kier alpha value is -4.06. The van der Waals surface area contributed by atoms with E-state index in [1.165, 1.54) is 25.6 Å². The van der Waals surface area contributed by atoms with Crippen molar-refractivity contribution in [3.05, 3.63) is 65.7 Å². The summed E-state index contributed by atoms with van der Waals surface area (Å²) in [5, 5.41) is 10.3. The summed E-state index contributed by atoms with van der Waals surface area (Å²) in [7, 11) is -2.89. The summed E-state index contributed by atoms with van der Waals surface area (Å²) in [6, 6.07) is 12.8. The second kappa shape index (κ2) is 15.4. The largest absolute Gasteiger partial charge is 0.469 e. The highest BCUT2D eigenvalue weighted by Crippen LogP contribution is 2.48. The number of carbonyl (C=O) groups is 5. The zero-order valence-electron chi connectivity index (χ0n) is 24.4. The lowest BCUT2D eigenvalue weighted by atomic mass is 10.0. The number of benzene rings is 2. The van der Waals surface area contributed by atoms with Gasteiger partial charge in [0.1, 0.15) is 18.4 Å². The molecule has 1 aliphatic heterocycles. The molecule has 1 fully saturated rings. The van der Waals surface area contributed by atoms with Crippen LogP contribution in [0.1, 0.15) is 37.8 Å². The SMILES string of the molecule is COC(=O)Cc1ccc(NC(=O)[C@H](Cc2ccccc2)NC(=O)C2CCCN2P(=O)(O)CNC(=O)[C@H](C)NC(C)=O)cc1. The number of amides is 4. The van der Waals surface area contributed by atoms with Crippen LogP contribution < -0.4 is 21.3 Å². The van der Waals surface area contributed by atoms with Crippen molar-refractivity contribution in [2.75, 3.05) is 25.3 Å². The molecule has 1 aliphatic rings. The average molecular weight is 616 g/mol. The highest BCUT2D eigenvalue weighted by Gasteiger charge is 2.42. The van der Waals surface area contributed by atoms with Crippen molar-refractivity contribution in [2.45, 2.75) is 57.7 Å². The number of carbonyl (C=O) groups excluding carboxylic acids is 5. The van der Waals surface area contributed by atoms with Crippen molar-refractivity contribution in [3.63, 3.8) is 0 Å². The van der Waals surface area contributed by atoms with Gasteiger partial charge in [-0.25, -0.2) is 4.67 Å². The smallest absolute Gasteiger partial charge is 0.309 e. The maximum atomic E-state index is 13.5. The van der Waals surface area contributed by atoms with E-state index in [0.29, 0.717) is 17.7 Å². The lowest BCUT2D eigenvalue weighted by molar-refractivity contribution is -0.139. The molecule has 0 saturated carbocycles. The van der Waals surface area contributed by atoms with E-state index in [-0.39, 0.29) is 25.8 Å². The maximum Gasteiger partial charge on any atom is 0.309 e. The fourth-order valence-corrected chi connectivity index (χ4v) is 6.34. The number of rotatable bonds is 13. The third-order valence-electron chi connectivity index (χ3n) is 6.91. The number of methoxy groups -OCH3 is 1. The quantitative estimate of drug-likeness (QED) is 0.164. The molecular weight excluding hydrogens is 577 g/mol. The molecule has 1 saturated heterocycles. The molecule has 0 radical (unpaired) electrons. The highest BCUT2D eigenvalue weighted by molar-refractivity contribution is 7.55. The molecular formula is C29H38N5O8P. The normalized spacial score (nSPS) is 17.5. The van der Waals surface area contributed by atoms with Gasteiger partial charge in [0.15, 0.2) is 0 Å². The third-order valence-corrected chi connectivity index (χ3v) is 8.77. The van der Waals surface area contributed by atoms with Gasteiger partial charge in [-0.3, -0.25) is 28.5 Å². The molecule has 3 rings (SSSR count). The number of nitrogens with zero attached hydrogens (tertiary/aromatic N) is 1. The topological polar surface area (TPSA) is 183 Å². The number of esters is 1. The molecule has 13 nitrogen and oxygen atoms in total. The standard InChI is InChI=1S/C29H38N5O8P/c1-19(31-20(2)35)27(37)30-18-43(40,41)34-15-7-10-25(34)29(39)33-24(16-21-8-5-4-6-9-21)28(38)32-23-13-11-22(12-14-23)17-26(36)42-3/h4-6,8-9,11-14,19,24-25H,7,10,15-18H2,1-3H3,(H,30,37)(H,31,35)(H,32,38)(H,33,39)(H,40,41)/t19-,24-,25?/m0/s1. The predicted molar refractivity (Wildman–Crippen MR) is 159 cm³/mol. The van der Waals surface area contributed by atoms with Crippen molar-refractivity contribution in [3.8, 4) is 0 Å². The summed E-state index contributed by atoms with van der Waals surface area (Å²) < 4.78 is 19.1. The van der Waals surface area contributed by atoms with Crippen molar-refractivity contribution in [2.24, 2.45) is 0 Å². The summed E-state index contributed by atoms with van der Waals surface area (Å²) in [5.74, 6) is -2.53. The van der Waals surface area contributed by atoms with Crippen LogP contribution in [0.25, 0.3) is 0 Å². The van der Waals surface area contributed by atoms with Crippen molar-refractivity contribution < 1.29 is 38.2 Å². The molecule has 0 aromatic heterocycles. The first kappa shape index (κ1) is 33.4. The Balaban J connectivity index is 1.70. The summed E-state index contributed by atoms with van der Waals surface area (Å²) in [5.41, 5.74) is 1.95. The second-order valence-electron chi connectivity index (χ2n) is 10.3. The fraction of sp³-hybridized carbons (Fsp3) is 0.414. The molecule has 0 bridgehead atoms. The van der Waals surface area contributed by atoms with Crippen LogP contribution in [0.5, 0.6) is 0 Å². The first-order valence-electron chi connectivity index (χ1n) is 13.8. The Morgan fingerprint density at radius 3 is 2.30 bits per heavy atom. The van der Waals surface area contributed by atoms with E-state index in [1.807, 2.05) is 30.3 Å². The van der Waals surface area contributed by atoms with Crippen LogP contribution in [0.2, 0.25) is 0 Å². The summed E-state index contributed by atoms with van der Waals surface area (Å²) in [4.78, 5) is 72.6. The van der Waals surface area contributed by atoms with Gasteiger partial charge >= 0.3 is 5.97 Å². The molecule has 2 aromatic carbocycles. The van der Waals surface area contributed by atoms with Gasteiger partial charge in [-0.1, -0.05) is 42.5 Å². The lowest BCUT2D eigenvalue weighted by Crippen LogP contribution is -2.51. The van der Waals surface area contributed by atoms with Crippen molar-refractivity contribution >= 4 is 42.8 Å². The Morgan fingerprint density at radius 1 is 1.00 bits per heavy atom. The monoisotopic (exact) mass is 615 g/mol. The Bertz CT molecular complexity index is 1350. The highest BCUT2D eigenvalue weighted by atomic mass is 31.2. The van der Waals surface area contributed by atoms with Crippen molar-refractivity contribution in [1.29, 1.82) is 0 Å². The van der Waals surface area contributed by atoms with E-state index in [1.54, 1.807) is 24.3 Å². The second-order valence-corrected chi connectivity index (χ2v) is 12.5. The van der Waals surface area contributed by atoms with Gasteiger partial charge in [0.05, 0.1) is 19.6 Å². The van der Waals surface area contributed by atoms with Crippen LogP contribution in [0.15, 0.2) is 54.6 Å². The molecule has 232 valence electrons. The van der Waals surface area contributed by atoms with E-state index in [4.69, 9.17) is 0 Å². The molecule has 43 heavy (non-hydrogen) atoms. The molecule has 0 spiro atoms. The van der Waals surface area contributed by atoms with Gasteiger partial charge < -0.3 is 30.9 Å². The Kier molecular flexibility index (Phi) is 12.0. The number of ether oxygens (including phenoxy) is 1. The number of nitrogens with one attached hydrogen (secondary N) is 4. The van der Waals surface area contributed by atoms with Crippen LogP contribution >= 0.6 is 7.52 Å². The molecule has 5 N–H and O–H groups in total. The lowest BCUT2D eigenvalue weighted by Gasteiger charge is -2.30. The van der Waals surface area contributed by atoms with Gasteiger partial charge in [0, 0.05) is 25.6 Å². The van der Waals surface area contributed by atoms with E-state index >= 15 is 0 Å². The van der Waals surface area contributed by atoms with Crippen LogP contribution in [0.4, 0.5) is 5.69 Å². The van der Waals surface area contributed by atoms with Gasteiger partial charge in [0.25, 0.3) is 7.52 Å². The minimum Gasteiger partial charge on any atom is -0.469 e. The molecule has 2 unspecified atom stereocenters. The van der Waals surface area contributed by atoms with E-state index in [0.717, 1.165) is 5.56 Å². The summed E-state index contributed by atoms with van der Waals surface area (Å²) in [6.45, 7) is 2.85. The van der Waals surface area contributed by atoms with E-state index in [2.05, 4.69) is 26.0 Å². The van der Waals surface area contributed by atoms with Gasteiger partial charge in [-0.15, -0.1) is 0 Å². The van der Waals surface area contributed by atoms with Crippen molar-refractivity contribution in [1.82, 2.24) is 20.6 Å². The van der Waals surface area contributed by atoms with Crippen LogP contribution in [-0.4, -0.2) is 77.2 Å². The van der Waals surface area contributed by atoms with Gasteiger partial charge in [-0.2, -0.15) is 0 Å². The zero-order chi connectivity index (χ0) is 31.6. The zero-order valence-corrected chi connectivity index (χ0v) is 25.3. The first-order chi connectivity index (χ1) is 20.4. The van der Waals surface area contributed by atoms with Gasteiger partial charge in [0.2, 0.25) is 23.6 Å². The maximum absolute atomic E-state index is 13.5. The summed E-state index contributed by atoms with van der Waals surface area (Å²) in [6.07, 6.45) is 0.390. The van der Waals surface area contributed by atoms with Crippen LogP contribution in [-0.2, 0) is 46.1 Å². The number of hydrogen-bond donors (Lipinski definition) is 5. The minimum atomic E-state index is -4.19. The number of hydrogen-bond acceptors (Lipinski definition) is 7. The van der Waals surface area contributed by atoms with Crippen LogP contribution in [0, 0.1) is 0 Å². The third kappa shape index (κ3) is 10.0. The van der Waals surface area contributed by atoms with Crippen LogP contribution in [0.3, 0.4) is 0 Å².